The second kappa shape index (κ2) is 14.0. The Bertz CT molecular complexity index is 2340. The largest absolute Gasteiger partial charge is 0.881 e. The minimum absolute atomic E-state index is 0.741. The predicted octanol–water partition coefficient (Wildman–Crippen LogP) is 12.4. The van der Waals surface area contributed by atoms with Gasteiger partial charge >= 0.3 is 15.9 Å². The first-order chi connectivity index (χ1) is 25.3. The van der Waals surface area contributed by atoms with Crippen LogP contribution in [0.4, 0.5) is 34.1 Å². The van der Waals surface area contributed by atoms with Gasteiger partial charge in [-0.1, -0.05) is 84.6 Å². The van der Waals surface area contributed by atoms with E-state index in [-0.39, 0.29) is 0 Å². The molecular weight excluding hydrogens is 682 g/mol. The van der Waals surface area contributed by atoms with Gasteiger partial charge in [0.2, 0.25) is 0 Å². The van der Waals surface area contributed by atoms with Crippen molar-refractivity contribution in [3.63, 3.8) is 0 Å². The summed E-state index contributed by atoms with van der Waals surface area (Å²) >= 11 is 2.58. The molecule has 0 saturated heterocycles. The Morgan fingerprint density at radius 3 is 1.80 bits per heavy atom. The predicted molar refractivity (Wildman–Crippen MR) is 212 cm³/mol. The Morgan fingerprint density at radius 1 is 0.549 bits per heavy atom. The second-order valence-corrected chi connectivity index (χ2v) is 14.7. The first-order valence-corrected chi connectivity index (χ1v) is 19.2. The summed E-state index contributed by atoms with van der Waals surface area (Å²) in [4.78, 5) is 12.0. The SMILES string of the molecule is c1ccc(N(c2ccccc2)c2ccc([O][Al][O]c3cc(N4c5ccccc5Sc5ccccc54)ccc3-c3nc4ccccc4s3)cc2)cc1. The minimum atomic E-state index is -0.884. The van der Waals surface area contributed by atoms with E-state index in [4.69, 9.17) is 12.6 Å². The molecule has 8 heteroatoms. The Morgan fingerprint density at radius 2 is 1.14 bits per heavy atom. The molecule has 0 aliphatic carbocycles. The van der Waals surface area contributed by atoms with Crippen molar-refractivity contribution in [2.45, 2.75) is 9.79 Å². The lowest BCUT2D eigenvalue weighted by molar-refractivity contribution is 0.460. The summed E-state index contributed by atoms with van der Waals surface area (Å²) in [6.45, 7) is 0. The van der Waals surface area contributed by atoms with Crippen LogP contribution in [0.5, 0.6) is 11.5 Å². The monoisotopic (exact) mass is 710 g/mol. The van der Waals surface area contributed by atoms with Gasteiger partial charge in [0, 0.05) is 44.2 Å². The molecule has 9 rings (SSSR count). The summed E-state index contributed by atoms with van der Waals surface area (Å²) in [5.74, 6) is 1.49. The molecule has 0 N–H and O–H groups in total. The topological polar surface area (TPSA) is 37.8 Å². The van der Waals surface area contributed by atoms with Gasteiger partial charge in [0.05, 0.1) is 33.1 Å². The van der Waals surface area contributed by atoms with Gasteiger partial charge in [0.25, 0.3) is 0 Å². The molecule has 2 heterocycles. The van der Waals surface area contributed by atoms with Crippen molar-refractivity contribution in [1.29, 1.82) is 0 Å². The van der Waals surface area contributed by atoms with Crippen molar-refractivity contribution >= 4 is 83.3 Å². The molecule has 243 valence electrons. The van der Waals surface area contributed by atoms with E-state index in [1.54, 1.807) is 23.1 Å². The molecule has 5 nitrogen and oxygen atoms in total. The van der Waals surface area contributed by atoms with Crippen LogP contribution in [0, 0.1) is 0 Å². The van der Waals surface area contributed by atoms with Gasteiger partial charge in [-0.3, -0.25) is 0 Å². The maximum Gasteiger partial charge on any atom is 0.881 e. The maximum atomic E-state index is 6.60. The number of aromatic nitrogens is 1. The average molecular weight is 711 g/mol. The second-order valence-electron chi connectivity index (χ2n) is 11.9. The number of para-hydroxylation sites is 5. The zero-order valence-electron chi connectivity index (χ0n) is 27.3. The quantitative estimate of drug-likeness (QED) is 0.139. The van der Waals surface area contributed by atoms with Crippen molar-refractivity contribution in [3.8, 4) is 22.1 Å². The summed E-state index contributed by atoms with van der Waals surface area (Å²) in [7, 11) is 0. The highest BCUT2D eigenvalue weighted by Crippen LogP contribution is 2.52. The van der Waals surface area contributed by atoms with Gasteiger partial charge in [-0.25, -0.2) is 4.98 Å². The van der Waals surface area contributed by atoms with E-state index in [2.05, 4.69) is 155 Å². The van der Waals surface area contributed by atoms with Crippen molar-refractivity contribution in [2.75, 3.05) is 9.80 Å². The number of benzene rings is 7. The molecule has 0 spiro atoms. The zero-order valence-corrected chi connectivity index (χ0v) is 30.1. The van der Waals surface area contributed by atoms with Crippen LogP contribution in [0.15, 0.2) is 186 Å². The third-order valence-corrected chi connectivity index (χ3v) is 11.6. The van der Waals surface area contributed by atoms with Crippen molar-refractivity contribution in [2.24, 2.45) is 0 Å². The Kier molecular flexibility index (Phi) is 8.66. The van der Waals surface area contributed by atoms with E-state index in [9.17, 15) is 0 Å². The zero-order chi connectivity index (χ0) is 34.0. The van der Waals surface area contributed by atoms with Crippen LogP contribution in [0.25, 0.3) is 20.8 Å². The molecule has 0 atom stereocenters. The standard InChI is InChI=1S/C25H16N2OS2.C18H15NO.Al/c28-21-15-16(13-14-17(21)25-26-18-7-1-4-10-22(18)30-25)27-19-8-2-5-11-23(19)29-24-12-6-3-9-20(24)27;20-18-13-11-17(12-14-18)19(15-7-3-1-4-8-15)16-9-5-2-6-10-16;/h1-15,28H;1-14,20H;/q;;+2/p-2. The lowest BCUT2D eigenvalue weighted by Gasteiger charge is -2.33. The first kappa shape index (κ1) is 31.5. The van der Waals surface area contributed by atoms with Gasteiger partial charge in [-0.05, 0) is 97.1 Å². The molecule has 0 fully saturated rings. The minimum Gasteiger partial charge on any atom is -0.616 e. The van der Waals surface area contributed by atoms with Gasteiger partial charge in [0.1, 0.15) is 5.01 Å². The van der Waals surface area contributed by atoms with Gasteiger partial charge in [0.15, 0.2) is 0 Å². The highest BCUT2D eigenvalue weighted by Gasteiger charge is 2.26. The molecule has 1 radical (unpaired) electrons. The van der Waals surface area contributed by atoms with Crippen LogP contribution >= 0.6 is 23.1 Å². The number of nitrogens with zero attached hydrogens (tertiary/aromatic N) is 3. The summed E-state index contributed by atoms with van der Waals surface area (Å²) in [5, 5.41) is 0.915. The molecule has 0 unspecified atom stereocenters. The van der Waals surface area contributed by atoms with Crippen LogP contribution in [0.2, 0.25) is 0 Å². The van der Waals surface area contributed by atoms with Crippen molar-refractivity contribution < 1.29 is 7.58 Å². The molecule has 7 aromatic carbocycles. The fourth-order valence-electron chi connectivity index (χ4n) is 6.30. The number of hydrogen-bond acceptors (Lipinski definition) is 7. The molecule has 51 heavy (non-hydrogen) atoms. The fraction of sp³-hybridized carbons (Fsp3) is 0. The van der Waals surface area contributed by atoms with Crippen LogP contribution in [-0.4, -0.2) is 20.9 Å². The normalized spacial score (nSPS) is 11.8. The van der Waals surface area contributed by atoms with E-state index in [1.165, 1.54) is 9.79 Å². The van der Waals surface area contributed by atoms with E-state index < -0.39 is 15.9 Å². The van der Waals surface area contributed by atoms with Crippen LogP contribution in [0.3, 0.4) is 0 Å². The van der Waals surface area contributed by atoms with Crippen LogP contribution in [0.1, 0.15) is 0 Å². The van der Waals surface area contributed by atoms with Crippen LogP contribution < -0.4 is 17.4 Å². The van der Waals surface area contributed by atoms with E-state index in [1.807, 2.05) is 30.3 Å². The smallest absolute Gasteiger partial charge is 0.616 e. The number of rotatable bonds is 9. The molecule has 8 aromatic rings. The summed E-state index contributed by atoms with van der Waals surface area (Å²) < 4.78 is 14.1. The van der Waals surface area contributed by atoms with Gasteiger partial charge in [-0.2, -0.15) is 0 Å². The van der Waals surface area contributed by atoms with E-state index in [0.717, 1.165) is 66.4 Å². The third-order valence-electron chi connectivity index (χ3n) is 8.66. The molecular formula is C43H29AlN3O2S2. The fourth-order valence-corrected chi connectivity index (χ4v) is 8.97. The highest BCUT2D eigenvalue weighted by molar-refractivity contribution is 7.99. The first-order valence-electron chi connectivity index (χ1n) is 16.6. The Balaban J connectivity index is 1.03. The Labute approximate surface area is 311 Å². The maximum absolute atomic E-state index is 6.60. The summed E-state index contributed by atoms with van der Waals surface area (Å²) in [6.07, 6.45) is 0. The third kappa shape index (κ3) is 6.35. The molecule has 1 aliphatic heterocycles. The number of fused-ring (bicyclic) bond motifs is 3. The van der Waals surface area contributed by atoms with E-state index >= 15 is 0 Å². The summed E-state index contributed by atoms with van der Waals surface area (Å²) in [6, 6.07) is 60.7. The highest BCUT2D eigenvalue weighted by atomic mass is 32.2. The molecule has 1 aliphatic rings. The summed E-state index contributed by atoms with van der Waals surface area (Å²) in [5.41, 5.74) is 8.44. The number of anilines is 6. The average Bonchev–Trinajstić information content (AvgIpc) is 3.63. The lowest BCUT2D eigenvalue weighted by Crippen LogP contribution is -2.16. The lowest BCUT2D eigenvalue weighted by atomic mass is 10.1. The molecule has 0 bridgehead atoms. The molecule has 0 amide bonds. The Hall–Kier alpha value is -5.49. The van der Waals surface area contributed by atoms with Crippen molar-refractivity contribution in [1.82, 2.24) is 4.98 Å². The number of hydrogen-bond donors (Lipinski definition) is 0. The van der Waals surface area contributed by atoms with Gasteiger partial charge in [-0.15, -0.1) is 11.3 Å². The van der Waals surface area contributed by atoms with Crippen molar-refractivity contribution in [3.05, 3.63) is 176 Å². The molecule has 0 saturated carbocycles. The van der Waals surface area contributed by atoms with Crippen LogP contribution in [-0.2, 0) is 0 Å². The van der Waals surface area contributed by atoms with Gasteiger partial charge < -0.3 is 17.4 Å². The number of thiazole rings is 1. The molecule has 1 aromatic heterocycles. The van der Waals surface area contributed by atoms with E-state index in [0.29, 0.717) is 0 Å².